The minimum Gasteiger partial charge on any atom is -0.294 e. The van der Waals surface area contributed by atoms with E-state index in [1.807, 2.05) is 19.9 Å². The van der Waals surface area contributed by atoms with Gasteiger partial charge in [0.25, 0.3) is 0 Å². The molecule has 0 amide bonds. The third kappa shape index (κ3) is 2.32. The van der Waals surface area contributed by atoms with Gasteiger partial charge in [-0.2, -0.15) is 0 Å². The Bertz CT molecular complexity index is 347. The first-order valence-corrected chi connectivity index (χ1v) is 5.22. The second-order valence-electron chi connectivity index (χ2n) is 2.86. The van der Waals surface area contributed by atoms with Crippen molar-refractivity contribution in [2.24, 2.45) is 0 Å². The number of hydrogen-bond donors (Lipinski definition) is 0. The summed E-state index contributed by atoms with van der Waals surface area (Å²) in [5.41, 5.74) is 1.64. The molecule has 0 bridgehead atoms. The van der Waals surface area contributed by atoms with Crippen molar-refractivity contribution < 1.29 is 4.79 Å². The van der Waals surface area contributed by atoms with Gasteiger partial charge in [0.2, 0.25) is 0 Å². The number of carbonyl (C=O) groups is 1. The van der Waals surface area contributed by atoms with Crippen LogP contribution in [-0.2, 0) is 0 Å². The molecule has 0 aliphatic heterocycles. The number of aryl methyl sites for hydroxylation is 1. The molecule has 0 N–H and O–H groups in total. The first-order valence-electron chi connectivity index (χ1n) is 4.05. The lowest BCUT2D eigenvalue weighted by molar-refractivity contribution is 0.0987. The maximum absolute atomic E-state index is 11.4. The van der Waals surface area contributed by atoms with Crippen LogP contribution in [0.1, 0.15) is 29.3 Å². The van der Waals surface area contributed by atoms with Gasteiger partial charge < -0.3 is 0 Å². The molecule has 1 aromatic carbocycles. The molecule has 1 rings (SSSR count). The predicted octanol–water partition coefficient (Wildman–Crippen LogP) is 4.00. The summed E-state index contributed by atoms with van der Waals surface area (Å²) in [4.78, 5) is 11.4. The fourth-order valence-corrected chi connectivity index (χ4v) is 1.92. The lowest BCUT2D eigenvalue weighted by Gasteiger charge is -2.04. The molecule has 0 saturated carbocycles. The monoisotopic (exact) mass is 260 g/mol. The molecule has 3 heteroatoms. The molecule has 0 aliphatic rings. The Morgan fingerprint density at radius 3 is 2.69 bits per heavy atom. The Balaban J connectivity index is 3.23. The summed E-state index contributed by atoms with van der Waals surface area (Å²) in [5.74, 6) is 0.131. The third-order valence-corrected chi connectivity index (χ3v) is 2.93. The fourth-order valence-electron chi connectivity index (χ4n) is 1.06. The highest BCUT2D eigenvalue weighted by Gasteiger charge is 2.09. The quantitative estimate of drug-likeness (QED) is 0.735. The highest BCUT2D eigenvalue weighted by molar-refractivity contribution is 9.10. The molecular weight excluding hydrogens is 251 g/mol. The Kier molecular flexibility index (Phi) is 3.51. The molecule has 0 unspecified atom stereocenters. The van der Waals surface area contributed by atoms with E-state index < -0.39 is 0 Å². The number of carbonyl (C=O) groups excluding carboxylic acids is 1. The molecule has 0 atom stereocenters. The van der Waals surface area contributed by atoms with Crippen LogP contribution in [0.5, 0.6) is 0 Å². The Morgan fingerprint density at radius 1 is 1.54 bits per heavy atom. The molecule has 0 fully saturated rings. The van der Waals surface area contributed by atoms with E-state index in [-0.39, 0.29) is 5.78 Å². The summed E-state index contributed by atoms with van der Waals surface area (Å²) in [6, 6.07) is 3.58. The minimum atomic E-state index is 0.131. The van der Waals surface area contributed by atoms with Crippen LogP contribution in [-0.4, -0.2) is 5.78 Å². The molecule has 0 radical (unpaired) electrons. The van der Waals surface area contributed by atoms with Gasteiger partial charge in [-0.05, 0) is 40.5 Å². The highest BCUT2D eigenvalue weighted by Crippen LogP contribution is 2.26. The number of rotatable bonds is 2. The van der Waals surface area contributed by atoms with Crippen molar-refractivity contribution in [3.05, 3.63) is 32.8 Å². The summed E-state index contributed by atoms with van der Waals surface area (Å²) in [5, 5.41) is 0.680. The van der Waals surface area contributed by atoms with Crippen molar-refractivity contribution in [1.29, 1.82) is 0 Å². The van der Waals surface area contributed by atoms with Crippen molar-refractivity contribution >= 4 is 33.3 Å². The molecular formula is C10H10BrClO. The molecule has 0 aromatic heterocycles. The Morgan fingerprint density at radius 2 is 2.15 bits per heavy atom. The molecule has 0 heterocycles. The summed E-state index contributed by atoms with van der Waals surface area (Å²) in [6.45, 7) is 3.74. The molecule has 13 heavy (non-hydrogen) atoms. The average Bonchev–Trinajstić information content (AvgIpc) is 2.10. The number of benzene rings is 1. The van der Waals surface area contributed by atoms with Gasteiger partial charge in [-0.15, -0.1) is 0 Å². The largest absolute Gasteiger partial charge is 0.294 e. The van der Waals surface area contributed by atoms with Gasteiger partial charge in [0.1, 0.15) is 0 Å². The van der Waals surface area contributed by atoms with Crippen molar-refractivity contribution in [3.8, 4) is 0 Å². The van der Waals surface area contributed by atoms with Gasteiger partial charge in [-0.25, -0.2) is 0 Å². The Labute approximate surface area is 91.2 Å². The zero-order valence-corrected chi connectivity index (χ0v) is 9.87. The van der Waals surface area contributed by atoms with E-state index in [9.17, 15) is 4.79 Å². The van der Waals surface area contributed by atoms with Crippen LogP contribution in [0.3, 0.4) is 0 Å². The molecule has 1 nitrogen and oxygen atoms in total. The van der Waals surface area contributed by atoms with Crippen molar-refractivity contribution in [2.45, 2.75) is 20.3 Å². The first kappa shape index (κ1) is 10.7. The number of hydrogen-bond acceptors (Lipinski definition) is 1. The second-order valence-corrected chi connectivity index (χ2v) is 4.12. The van der Waals surface area contributed by atoms with Gasteiger partial charge in [-0.3, -0.25) is 4.79 Å². The summed E-state index contributed by atoms with van der Waals surface area (Å²) >= 11 is 9.21. The van der Waals surface area contributed by atoms with Gasteiger partial charge in [0.15, 0.2) is 5.78 Å². The summed E-state index contributed by atoms with van der Waals surface area (Å²) in [6.07, 6.45) is 0.514. The summed E-state index contributed by atoms with van der Waals surface area (Å²) < 4.78 is 0.773. The van der Waals surface area contributed by atoms with Gasteiger partial charge in [-0.1, -0.05) is 18.5 Å². The van der Waals surface area contributed by atoms with E-state index in [2.05, 4.69) is 15.9 Å². The smallest absolute Gasteiger partial charge is 0.163 e. The maximum atomic E-state index is 11.4. The fraction of sp³-hybridized carbons (Fsp3) is 0.300. The molecule has 0 spiro atoms. The maximum Gasteiger partial charge on any atom is 0.163 e. The van der Waals surface area contributed by atoms with Crippen LogP contribution in [0.15, 0.2) is 16.6 Å². The van der Waals surface area contributed by atoms with E-state index in [1.54, 1.807) is 6.07 Å². The van der Waals surface area contributed by atoms with Crippen LogP contribution < -0.4 is 0 Å². The number of ketones is 1. The zero-order chi connectivity index (χ0) is 10.0. The topological polar surface area (TPSA) is 17.1 Å². The predicted molar refractivity (Wildman–Crippen MR) is 58.5 cm³/mol. The van der Waals surface area contributed by atoms with Crippen molar-refractivity contribution in [2.75, 3.05) is 0 Å². The Hall–Kier alpha value is -0.340. The summed E-state index contributed by atoms with van der Waals surface area (Å²) in [7, 11) is 0. The molecule has 0 saturated heterocycles. The number of halogens is 2. The van der Waals surface area contributed by atoms with Crippen LogP contribution in [0.2, 0.25) is 5.02 Å². The normalized spacial score (nSPS) is 10.2. The average molecular weight is 262 g/mol. The van der Waals surface area contributed by atoms with Crippen LogP contribution in [0.25, 0.3) is 0 Å². The number of Topliss-reactive ketones (excluding diaryl/α,β-unsaturated/α-hetero) is 1. The van der Waals surface area contributed by atoms with Crippen LogP contribution >= 0.6 is 27.5 Å². The van der Waals surface area contributed by atoms with Crippen molar-refractivity contribution in [1.82, 2.24) is 0 Å². The lowest BCUT2D eigenvalue weighted by atomic mass is 10.1. The molecule has 70 valence electrons. The van der Waals surface area contributed by atoms with E-state index in [0.717, 1.165) is 10.0 Å². The van der Waals surface area contributed by atoms with E-state index in [4.69, 9.17) is 11.6 Å². The standard InChI is InChI=1S/C10H10BrClO/c1-3-10(13)7-4-6(2)9(12)5-8(7)11/h4-5H,3H2,1-2H3. The first-order chi connectivity index (χ1) is 6.06. The van der Waals surface area contributed by atoms with Gasteiger partial charge in [0.05, 0.1) is 0 Å². The second kappa shape index (κ2) is 4.25. The molecule has 1 aromatic rings. The molecule has 0 aliphatic carbocycles. The van der Waals surface area contributed by atoms with E-state index >= 15 is 0 Å². The van der Waals surface area contributed by atoms with E-state index in [1.165, 1.54) is 0 Å². The minimum absolute atomic E-state index is 0.131. The lowest BCUT2D eigenvalue weighted by Crippen LogP contribution is -1.98. The van der Waals surface area contributed by atoms with Gasteiger partial charge >= 0.3 is 0 Å². The third-order valence-electron chi connectivity index (χ3n) is 1.87. The SMILES string of the molecule is CCC(=O)c1cc(C)c(Cl)cc1Br. The van der Waals surface area contributed by atoms with Crippen LogP contribution in [0.4, 0.5) is 0 Å². The van der Waals surface area contributed by atoms with E-state index in [0.29, 0.717) is 17.0 Å². The van der Waals surface area contributed by atoms with Crippen molar-refractivity contribution in [3.63, 3.8) is 0 Å². The highest BCUT2D eigenvalue weighted by atomic mass is 79.9. The van der Waals surface area contributed by atoms with Gasteiger partial charge in [0, 0.05) is 21.5 Å². The van der Waals surface area contributed by atoms with Crippen LogP contribution in [0, 0.1) is 6.92 Å². The zero-order valence-electron chi connectivity index (χ0n) is 7.53.